The fourth-order valence-electron chi connectivity index (χ4n) is 1.89. The van der Waals surface area contributed by atoms with E-state index in [9.17, 15) is 9.59 Å². The molecule has 1 rings (SSSR count). The molecule has 1 aliphatic heterocycles. The molecule has 0 aliphatic carbocycles. The van der Waals surface area contributed by atoms with Gasteiger partial charge in [-0.3, -0.25) is 4.79 Å². The van der Waals surface area contributed by atoms with Crippen LogP contribution in [0.2, 0.25) is 0 Å². The second-order valence-corrected chi connectivity index (χ2v) is 4.67. The van der Waals surface area contributed by atoms with Crippen molar-refractivity contribution in [2.24, 2.45) is 5.92 Å². The van der Waals surface area contributed by atoms with Crippen LogP contribution in [0.15, 0.2) is 0 Å². The minimum atomic E-state index is 0.248. The molecule has 0 radical (unpaired) electrons. The maximum atomic E-state index is 11.5. The van der Waals surface area contributed by atoms with Gasteiger partial charge in [-0.2, -0.15) is 0 Å². The van der Waals surface area contributed by atoms with Gasteiger partial charge in [0.1, 0.15) is 5.78 Å². The third kappa shape index (κ3) is 4.45. The van der Waals surface area contributed by atoms with Gasteiger partial charge in [0.05, 0.1) is 0 Å². The van der Waals surface area contributed by atoms with Gasteiger partial charge in [0.2, 0.25) is 5.91 Å². The van der Waals surface area contributed by atoms with Crippen molar-refractivity contribution in [2.45, 2.75) is 46.0 Å². The average Bonchev–Trinajstić information content (AvgIpc) is 2.11. The standard InChI is InChI=1S/C12H21NO2/c1-10-8-13(9-10)12(15)7-5-3-4-6-11(2)14/h10H,3-9H2,1-2H3. The van der Waals surface area contributed by atoms with Crippen LogP contribution in [-0.2, 0) is 9.59 Å². The highest BCUT2D eigenvalue weighted by atomic mass is 16.2. The highest BCUT2D eigenvalue weighted by molar-refractivity contribution is 5.77. The molecule has 1 amide bonds. The van der Waals surface area contributed by atoms with Crippen molar-refractivity contribution in [3.05, 3.63) is 0 Å². The van der Waals surface area contributed by atoms with Crippen molar-refractivity contribution in [1.82, 2.24) is 4.90 Å². The Labute approximate surface area is 91.8 Å². The van der Waals surface area contributed by atoms with E-state index in [1.54, 1.807) is 6.92 Å². The Morgan fingerprint density at radius 1 is 1.13 bits per heavy atom. The van der Waals surface area contributed by atoms with Crippen molar-refractivity contribution >= 4 is 11.7 Å². The first kappa shape index (κ1) is 12.2. The third-order valence-electron chi connectivity index (χ3n) is 2.84. The van der Waals surface area contributed by atoms with E-state index in [0.717, 1.165) is 32.4 Å². The van der Waals surface area contributed by atoms with Gasteiger partial charge < -0.3 is 9.69 Å². The summed E-state index contributed by atoms with van der Waals surface area (Å²) in [5.74, 6) is 1.22. The lowest BCUT2D eigenvalue weighted by Gasteiger charge is -2.37. The molecule has 0 N–H and O–H groups in total. The Bertz CT molecular complexity index is 232. The number of likely N-dealkylation sites (tertiary alicyclic amines) is 1. The topological polar surface area (TPSA) is 37.4 Å². The second kappa shape index (κ2) is 5.89. The molecule has 0 unspecified atom stereocenters. The summed E-state index contributed by atoms with van der Waals surface area (Å²) in [5.41, 5.74) is 0. The van der Waals surface area contributed by atoms with Gasteiger partial charge in [-0.25, -0.2) is 0 Å². The first-order valence-corrected chi connectivity index (χ1v) is 5.87. The van der Waals surface area contributed by atoms with Crippen molar-refractivity contribution in [1.29, 1.82) is 0 Å². The molecule has 1 aliphatic rings. The Morgan fingerprint density at radius 3 is 2.27 bits per heavy atom. The number of carbonyl (C=O) groups excluding carboxylic acids is 2. The predicted molar refractivity (Wildman–Crippen MR) is 59.5 cm³/mol. The number of ketones is 1. The van der Waals surface area contributed by atoms with E-state index in [0.29, 0.717) is 18.8 Å². The molecule has 0 bridgehead atoms. The zero-order chi connectivity index (χ0) is 11.3. The molecule has 0 saturated carbocycles. The number of Topliss-reactive ketones (excluding diaryl/α,β-unsaturated/α-hetero) is 1. The SMILES string of the molecule is CC(=O)CCCCCC(=O)N1CC(C)C1. The van der Waals surface area contributed by atoms with E-state index in [1.807, 2.05) is 4.90 Å². The zero-order valence-corrected chi connectivity index (χ0v) is 9.79. The van der Waals surface area contributed by atoms with Gasteiger partial charge in [0, 0.05) is 25.9 Å². The van der Waals surface area contributed by atoms with Crippen molar-refractivity contribution in [2.75, 3.05) is 13.1 Å². The summed E-state index contributed by atoms with van der Waals surface area (Å²) >= 11 is 0. The van der Waals surface area contributed by atoms with Crippen molar-refractivity contribution in [3.8, 4) is 0 Å². The summed E-state index contributed by atoms with van der Waals surface area (Å²) in [7, 11) is 0. The summed E-state index contributed by atoms with van der Waals surface area (Å²) in [6, 6.07) is 0. The molecule has 0 aromatic carbocycles. The fraction of sp³-hybridized carbons (Fsp3) is 0.833. The Morgan fingerprint density at radius 2 is 1.73 bits per heavy atom. The molecule has 1 fully saturated rings. The number of amides is 1. The number of carbonyl (C=O) groups is 2. The van der Waals surface area contributed by atoms with Crippen LogP contribution in [0, 0.1) is 5.92 Å². The van der Waals surface area contributed by atoms with E-state index in [-0.39, 0.29) is 11.7 Å². The number of nitrogens with zero attached hydrogens (tertiary/aromatic N) is 1. The molecule has 1 saturated heterocycles. The Kier molecular flexibility index (Phi) is 4.79. The summed E-state index contributed by atoms with van der Waals surface area (Å²) in [5, 5.41) is 0. The van der Waals surface area contributed by atoms with E-state index in [2.05, 4.69) is 6.92 Å². The van der Waals surface area contributed by atoms with Crippen molar-refractivity contribution < 1.29 is 9.59 Å². The van der Waals surface area contributed by atoms with Crippen LogP contribution in [0.25, 0.3) is 0 Å². The van der Waals surface area contributed by atoms with Crippen LogP contribution >= 0.6 is 0 Å². The minimum Gasteiger partial charge on any atom is -0.342 e. The Balaban J connectivity index is 1.96. The molecule has 0 spiro atoms. The third-order valence-corrected chi connectivity index (χ3v) is 2.84. The first-order valence-electron chi connectivity index (χ1n) is 5.87. The number of rotatable bonds is 6. The molecule has 15 heavy (non-hydrogen) atoms. The summed E-state index contributed by atoms with van der Waals surface area (Å²) in [4.78, 5) is 24.1. The molecule has 0 aromatic heterocycles. The number of unbranched alkanes of at least 4 members (excludes halogenated alkanes) is 2. The molecular weight excluding hydrogens is 190 g/mol. The van der Waals surface area contributed by atoms with E-state index < -0.39 is 0 Å². The molecule has 1 heterocycles. The molecule has 0 atom stereocenters. The van der Waals surface area contributed by atoms with Gasteiger partial charge in [0.25, 0.3) is 0 Å². The molecule has 3 nitrogen and oxygen atoms in total. The van der Waals surface area contributed by atoms with Gasteiger partial charge >= 0.3 is 0 Å². The quantitative estimate of drug-likeness (QED) is 0.630. The monoisotopic (exact) mass is 211 g/mol. The molecule has 3 heteroatoms. The van der Waals surface area contributed by atoms with Gasteiger partial charge in [-0.05, 0) is 25.7 Å². The second-order valence-electron chi connectivity index (χ2n) is 4.67. The lowest BCUT2D eigenvalue weighted by molar-refractivity contribution is -0.137. The van der Waals surface area contributed by atoms with Crippen LogP contribution in [0.4, 0.5) is 0 Å². The van der Waals surface area contributed by atoms with Crippen LogP contribution in [-0.4, -0.2) is 29.7 Å². The van der Waals surface area contributed by atoms with Crippen molar-refractivity contribution in [3.63, 3.8) is 0 Å². The lowest BCUT2D eigenvalue weighted by atomic mass is 10.0. The van der Waals surface area contributed by atoms with E-state index >= 15 is 0 Å². The van der Waals surface area contributed by atoms with Gasteiger partial charge in [-0.1, -0.05) is 13.3 Å². The summed E-state index contributed by atoms with van der Waals surface area (Å²) in [6.45, 7) is 5.65. The maximum Gasteiger partial charge on any atom is 0.222 e. The van der Waals surface area contributed by atoms with Crippen LogP contribution in [0.3, 0.4) is 0 Å². The molecule has 86 valence electrons. The first-order chi connectivity index (χ1) is 7.09. The zero-order valence-electron chi connectivity index (χ0n) is 9.79. The van der Waals surface area contributed by atoms with Gasteiger partial charge in [0.15, 0.2) is 0 Å². The average molecular weight is 211 g/mol. The predicted octanol–water partition coefficient (Wildman–Crippen LogP) is 2.00. The number of hydrogen-bond acceptors (Lipinski definition) is 2. The smallest absolute Gasteiger partial charge is 0.222 e. The van der Waals surface area contributed by atoms with Crippen LogP contribution in [0.5, 0.6) is 0 Å². The van der Waals surface area contributed by atoms with Crippen LogP contribution < -0.4 is 0 Å². The molecule has 0 aromatic rings. The maximum absolute atomic E-state index is 11.5. The van der Waals surface area contributed by atoms with E-state index in [4.69, 9.17) is 0 Å². The highest BCUT2D eigenvalue weighted by Crippen LogP contribution is 2.16. The minimum absolute atomic E-state index is 0.248. The van der Waals surface area contributed by atoms with E-state index in [1.165, 1.54) is 0 Å². The summed E-state index contributed by atoms with van der Waals surface area (Å²) < 4.78 is 0. The highest BCUT2D eigenvalue weighted by Gasteiger charge is 2.26. The number of hydrogen-bond donors (Lipinski definition) is 0. The largest absolute Gasteiger partial charge is 0.342 e. The van der Waals surface area contributed by atoms with Gasteiger partial charge in [-0.15, -0.1) is 0 Å². The fourth-order valence-corrected chi connectivity index (χ4v) is 1.89. The van der Waals surface area contributed by atoms with Crippen LogP contribution in [0.1, 0.15) is 46.0 Å². The normalized spacial score (nSPS) is 16.3. The lowest BCUT2D eigenvalue weighted by Crippen LogP contribution is -2.48. The Hall–Kier alpha value is -0.860. The molecular formula is C12H21NO2. The summed E-state index contributed by atoms with van der Waals surface area (Å²) in [6.07, 6.45) is 4.17.